The minimum absolute atomic E-state index is 0.204. The van der Waals surface area contributed by atoms with Crippen LogP contribution in [-0.4, -0.2) is 18.1 Å². The number of hydrogen-bond acceptors (Lipinski definition) is 3. The van der Waals surface area contributed by atoms with Crippen molar-refractivity contribution in [2.75, 3.05) is 13.1 Å². The summed E-state index contributed by atoms with van der Waals surface area (Å²) in [5.41, 5.74) is 1.97. The Morgan fingerprint density at radius 3 is 3.06 bits per heavy atom. The van der Waals surface area contributed by atoms with E-state index < -0.39 is 0 Å². The zero-order chi connectivity index (χ0) is 12.5. The number of thiazole rings is 1. The van der Waals surface area contributed by atoms with E-state index >= 15 is 0 Å². The van der Waals surface area contributed by atoms with Crippen LogP contribution >= 0.6 is 11.3 Å². The molecule has 94 valence electrons. The van der Waals surface area contributed by atoms with Crippen molar-refractivity contribution in [2.45, 2.75) is 19.3 Å². The lowest BCUT2D eigenvalue weighted by Gasteiger charge is -2.04. The SMILES string of the molecule is Cc1nc(-c2cccc(F)c2)sc1C1CCNC1. The van der Waals surface area contributed by atoms with Gasteiger partial charge in [0.25, 0.3) is 0 Å². The van der Waals surface area contributed by atoms with Crippen molar-refractivity contribution in [1.82, 2.24) is 10.3 Å². The summed E-state index contributed by atoms with van der Waals surface area (Å²) in [6, 6.07) is 6.66. The van der Waals surface area contributed by atoms with Crippen LogP contribution in [0.1, 0.15) is 22.9 Å². The Kier molecular flexibility index (Phi) is 3.14. The highest BCUT2D eigenvalue weighted by atomic mass is 32.1. The molecular weight excluding hydrogens is 247 g/mol. The van der Waals surface area contributed by atoms with Crippen LogP contribution in [0.3, 0.4) is 0 Å². The molecule has 2 nitrogen and oxygen atoms in total. The van der Waals surface area contributed by atoms with Crippen LogP contribution in [0.4, 0.5) is 4.39 Å². The Bertz CT molecular complexity index is 559. The third-order valence-corrected chi connectivity index (χ3v) is 4.70. The van der Waals surface area contributed by atoms with Crippen molar-refractivity contribution in [3.63, 3.8) is 0 Å². The van der Waals surface area contributed by atoms with Crippen LogP contribution in [-0.2, 0) is 0 Å². The highest BCUT2D eigenvalue weighted by Crippen LogP contribution is 2.35. The van der Waals surface area contributed by atoms with Crippen LogP contribution < -0.4 is 5.32 Å². The third-order valence-electron chi connectivity index (χ3n) is 3.34. The zero-order valence-corrected chi connectivity index (χ0v) is 11.1. The topological polar surface area (TPSA) is 24.9 Å². The summed E-state index contributed by atoms with van der Waals surface area (Å²) in [5.74, 6) is 0.370. The molecule has 1 fully saturated rings. The summed E-state index contributed by atoms with van der Waals surface area (Å²) >= 11 is 1.70. The van der Waals surface area contributed by atoms with E-state index in [1.54, 1.807) is 23.5 Å². The first-order valence-corrected chi connectivity index (χ1v) is 6.99. The second-order valence-electron chi connectivity index (χ2n) is 4.67. The molecule has 0 spiro atoms. The molecule has 1 N–H and O–H groups in total. The van der Waals surface area contributed by atoms with E-state index in [4.69, 9.17) is 0 Å². The number of halogens is 1. The van der Waals surface area contributed by atoms with Gasteiger partial charge in [0.15, 0.2) is 0 Å². The fourth-order valence-electron chi connectivity index (χ4n) is 2.41. The molecule has 1 aromatic heterocycles. The third kappa shape index (κ3) is 2.18. The Labute approximate surface area is 110 Å². The lowest BCUT2D eigenvalue weighted by Crippen LogP contribution is -2.07. The average Bonchev–Trinajstić information content (AvgIpc) is 2.97. The number of hydrogen-bond donors (Lipinski definition) is 1. The fourth-order valence-corrected chi connectivity index (χ4v) is 3.61. The smallest absolute Gasteiger partial charge is 0.123 e. The summed E-state index contributed by atoms with van der Waals surface area (Å²) in [6.07, 6.45) is 1.17. The van der Waals surface area contributed by atoms with Gasteiger partial charge in [-0.15, -0.1) is 11.3 Å². The Morgan fingerprint density at radius 1 is 1.44 bits per heavy atom. The first-order chi connectivity index (χ1) is 8.74. The van der Waals surface area contributed by atoms with Gasteiger partial charge in [0.05, 0.1) is 5.69 Å². The molecule has 0 aliphatic carbocycles. The van der Waals surface area contributed by atoms with Crippen molar-refractivity contribution in [3.05, 3.63) is 40.7 Å². The van der Waals surface area contributed by atoms with Crippen LogP contribution in [0.25, 0.3) is 10.6 Å². The van der Waals surface area contributed by atoms with Crippen molar-refractivity contribution in [2.24, 2.45) is 0 Å². The largest absolute Gasteiger partial charge is 0.316 e. The highest BCUT2D eigenvalue weighted by molar-refractivity contribution is 7.15. The van der Waals surface area contributed by atoms with Gasteiger partial charge in [0.1, 0.15) is 10.8 Å². The maximum absolute atomic E-state index is 13.2. The van der Waals surface area contributed by atoms with Gasteiger partial charge in [-0.1, -0.05) is 12.1 Å². The van der Waals surface area contributed by atoms with Crippen LogP contribution in [0.5, 0.6) is 0 Å². The van der Waals surface area contributed by atoms with Gasteiger partial charge in [-0.05, 0) is 32.0 Å². The van der Waals surface area contributed by atoms with E-state index in [9.17, 15) is 4.39 Å². The van der Waals surface area contributed by atoms with Gasteiger partial charge in [-0.25, -0.2) is 9.37 Å². The van der Waals surface area contributed by atoms with E-state index in [1.807, 2.05) is 13.0 Å². The summed E-state index contributed by atoms with van der Waals surface area (Å²) in [5, 5.41) is 4.30. The average molecular weight is 262 g/mol. The van der Waals surface area contributed by atoms with E-state index in [-0.39, 0.29) is 5.82 Å². The molecule has 4 heteroatoms. The number of benzene rings is 1. The van der Waals surface area contributed by atoms with Crippen molar-refractivity contribution >= 4 is 11.3 Å². The van der Waals surface area contributed by atoms with E-state index in [0.29, 0.717) is 5.92 Å². The molecule has 1 atom stereocenters. The molecule has 3 rings (SSSR count). The number of nitrogens with zero attached hydrogens (tertiary/aromatic N) is 1. The quantitative estimate of drug-likeness (QED) is 0.898. The fraction of sp³-hybridized carbons (Fsp3) is 0.357. The van der Waals surface area contributed by atoms with E-state index in [0.717, 1.165) is 29.4 Å². The predicted octanol–water partition coefficient (Wildman–Crippen LogP) is 3.33. The first kappa shape index (κ1) is 11.8. The molecule has 0 bridgehead atoms. The van der Waals surface area contributed by atoms with Gasteiger partial charge in [-0.2, -0.15) is 0 Å². The monoisotopic (exact) mass is 262 g/mol. The Balaban J connectivity index is 1.96. The molecule has 1 aromatic carbocycles. The maximum atomic E-state index is 13.2. The van der Waals surface area contributed by atoms with Crippen LogP contribution in [0.2, 0.25) is 0 Å². The lowest BCUT2D eigenvalue weighted by atomic mass is 10.1. The molecule has 2 aromatic rings. The van der Waals surface area contributed by atoms with Gasteiger partial charge in [-0.3, -0.25) is 0 Å². The van der Waals surface area contributed by atoms with Gasteiger partial charge >= 0.3 is 0 Å². The number of aryl methyl sites for hydroxylation is 1. The molecule has 1 aliphatic rings. The van der Waals surface area contributed by atoms with E-state index in [1.165, 1.54) is 17.4 Å². The molecule has 0 amide bonds. The van der Waals surface area contributed by atoms with Crippen LogP contribution in [0, 0.1) is 12.7 Å². The summed E-state index contributed by atoms with van der Waals surface area (Å²) in [4.78, 5) is 5.94. The van der Waals surface area contributed by atoms with Gasteiger partial charge < -0.3 is 5.32 Å². The van der Waals surface area contributed by atoms with Crippen LogP contribution in [0.15, 0.2) is 24.3 Å². The van der Waals surface area contributed by atoms with Crippen molar-refractivity contribution in [3.8, 4) is 10.6 Å². The summed E-state index contributed by atoms with van der Waals surface area (Å²) < 4.78 is 13.2. The van der Waals surface area contributed by atoms with Gasteiger partial charge in [0, 0.05) is 22.9 Å². The Morgan fingerprint density at radius 2 is 2.33 bits per heavy atom. The number of nitrogens with one attached hydrogen (secondary N) is 1. The van der Waals surface area contributed by atoms with Crippen molar-refractivity contribution in [1.29, 1.82) is 0 Å². The molecule has 2 heterocycles. The molecule has 1 saturated heterocycles. The maximum Gasteiger partial charge on any atom is 0.123 e. The second kappa shape index (κ2) is 4.78. The van der Waals surface area contributed by atoms with Crippen molar-refractivity contribution < 1.29 is 4.39 Å². The summed E-state index contributed by atoms with van der Waals surface area (Å²) in [6.45, 7) is 4.16. The van der Waals surface area contributed by atoms with E-state index in [2.05, 4.69) is 10.3 Å². The normalized spacial score (nSPS) is 19.3. The number of aromatic nitrogens is 1. The Hall–Kier alpha value is -1.26. The van der Waals surface area contributed by atoms with Gasteiger partial charge in [0.2, 0.25) is 0 Å². The predicted molar refractivity (Wildman–Crippen MR) is 72.5 cm³/mol. The minimum Gasteiger partial charge on any atom is -0.316 e. The summed E-state index contributed by atoms with van der Waals surface area (Å²) in [7, 11) is 0. The first-order valence-electron chi connectivity index (χ1n) is 6.18. The number of rotatable bonds is 2. The lowest BCUT2D eigenvalue weighted by molar-refractivity contribution is 0.628. The molecular formula is C14H15FN2S. The highest BCUT2D eigenvalue weighted by Gasteiger charge is 2.22. The molecule has 18 heavy (non-hydrogen) atoms. The minimum atomic E-state index is -0.204. The molecule has 0 radical (unpaired) electrons. The zero-order valence-electron chi connectivity index (χ0n) is 10.2. The standard InChI is InChI=1S/C14H15FN2S/c1-9-13(11-5-6-16-8-11)18-14(17-9)10-3-2-4-12(15)7-10/h2-4,7,11,16H,5-6,8H2,1H3. The molecule has 1 aliphatic heterocycles. The molecule has 1 unspecified atom stereocenters. The molecule has 0 saturated carbocycles. The second-order valence-corrected chi connectivity index (χ2v) is 5.70.